The van der Waals surface area contributed by atoms with E-state index in [1.165, 1.54) is 0 Å². The summed E-state index contributed by atoms with van der Waals surface area (Å²) in [5, 5.41) is 0. The molecule has 0 radical (unpaired) electrons. The number of nitrogens with zero attached hydrogens (tertiary/aromatic N) is 2. The van der Waals surface area contributed by atoms with Crippen molar-refractivity contribution in [1.29, 1.82) is 0 Å². The first-order valence-electron chi connectivity index (χ1n) is 6.20. The molecule has 1 aromatic rings. The van der Waals surface area contributed by atoms with E-state index in [0.717, 1.165) is 37.3 Å². The summed E-state index contributed by atoms with van der Waals surface area (Å²) in [4.78, 5) is 6.77. The van der Waals surface area contributed by atoms with Crippen molar-refractivity contribution in [1.82, 2.24) is 4.98 Å². The molecule has 4 heteroatoms. The largest absolute Gasteiger partial charge is 0.380 e. The van der Waals surface area contributed by atoms with Crippen LogP contribution in [0.3, 0.4) is 0 Å². The highest BCUT2D eigenvalue weighted by Gasteiger charge is 2.22. The third-order valence-electron chi connectivity index (χ3n) is 3.32. The van der Waals surface area contributed by atoms with Gasteiger partial charge in [-0.2, -0.15) is 0 Å². The number of piperidine rings is 1. The Kier molecular flexibility index (Phi) is 3.97. The lowest BCUT2D eigenvalue weighted by atomic mass is 10.1. The zero-order valence-corrected chi connectivity index (χ0v) is 10.6. The fraction of sp³-hybridized carbons (Fsp3) is 0.615. The van der Waals surface area contributed by atoms with Crippen LogP contribution >= 0.6 is 0 Å². The van der Waals surface area contributed by atoms with Crippen LogP contribution in [0.15, 0.2) is 18.3 Å². The minimum Gasteiger partial charge on any atom is -0.380 e. The summed E-state index contributed by atoms with van der Waals surface area (Å²) in [5.41, 5.74) is 7.11. The van der Waals surface area contributed by atoms with Gasteiger partial charge in [0.05, 0.1) is 6.10 Å². The Morgan fingerprint density at radius 3 is 3.12 bits per heavy atom. The average molecular weight is 235 g/mol. The zero-order valence-electron chi connectivity index (χ0n) is 10.6. The number of pyridine rings is 1. The van der Waals surface area contributed by atoms with Gasteiger partial charge in [0.1, 0.15) is 5.82 Å². The van der Waals surface area contributed by atoms with Crippen LogP contribution in [0.2, 0.25) is 0 Å². The van der Waals surface area contributed by atoms with Crippen molar-refractivity contribution in [3.63, 3.8) is 0 Å². The Labute approximate surface area is 103 Å². The van der Waals surface area contributed by atoms with Gasteiger partial charge in [-0.1, -0.05) is 6.07 Å². The van der Waals surface area contributed by atoms with E-state index in [4.69, 9.17) is 10.5 Å². The summed E-state index contributed by atoms with van der Waals surface area (Å²) in [6, 6.07) is 4.02. The SMILES string of the molecule is COC1CCCN(c2ncccc2C(C)N)C1. The van der Waals surface area contributed by atoms with Gasteiger partial charge in [0.25, 0.3) is 0 Å². The first-order chi connectivity index (χ1) is 8.22. The Bertz CT molecular complexity index is 367. The molecule has 2 rings (SSSR count). The molecule has 0 spiro atoms. The highest BCUT2D eigenvalue weighted by molar-refractivity contribution is 5.48. The van der Waals surface area contributed by atoms with E-state index in [1.807, 2.05) is 19.2 Å². The fourth-order valence-electron chi connectivity index (χ4n) is 2.35. The Balaban J connectivity index is 2.21. The van der Waals surface area contributed by atoms with Crippen LogP contribution in [-0.4, -0.2) is 31.3 Å². The van der Waals surface area contributed by atoms with E-state index in [2.05, 4.69) is 16.0 Å². The molecule has 2 unspecified atom stereocenters. The van der Waals surface area contributed by atoms with Crippen LogP contribution < -0.4 is 10.6 Å². The van der Waals surface area contributed by atoms with Crippen molar-refractivity contribution < 1.29 is 4.74 Å². The summed E-state index contributed by atoms with van der Waals surface area (Å²) < 4.78 is 5.44. The van der Waals surface area contributed by atoms with Crippen LogP contribution in [-0.2, 0) is 4.74 Å². The van der Waals surface area contributed by atoms with Crippen LogP contribution in [0.1, 0.15) is 31.4 Å². The molecule has 94 valence electrons. The number of aromatic nitrogens is 1. The van der Waals surface area contributed by atoms with E-state index in [9.17, 15) is 0 Å². The Hall–Kier alpha value is -1.13. The number of hydrogen-bond donors (Lipinski definition) is 1. The lowest BCUT2D eigenvalue weighted by molar-refractivity contribution is 0.0891. The molecule has 2 N–H and O–H groups in total. The van der Waals surface area contributed by atoms with Gasteiger partial charge in [-0.25, -0.2) is 4.98 Å². The molecule has 4 nitrogen and oxygen atoms in total. The molecule has 0 amide bonds. The summed E-state index contributed by atoms with van der Waals surface area (Å²) >= 11 is 0. The Morgan fingerprint density at radius 1 is 1.59 bits per heavy atom. The fourth-order valence-corrected chi connectivity index (χ4v) is 2.35. The van der Waals surface area contributed by atoms with Gasteiger partial charge < -0.3 is 15.4 Å². The first kappa shape index (κ1) is 12.3. The number of ether oxygens (including phenoxy) is 1. The number of methoxy groups -OCH3 is 1. The minimum atomic E-state index is 0.0154. The average Bonchev–Trinajstić information content (AvgIpc) is 2.39. The van der Waals surface area contributed by atoms with Gasteiger partial charge in [0, 0.05) is 38.0 Å². The van der Waals surface area contributed by atoms with E-state index in [0.29, 0.717) is 6.10 Å². The summed E-state index contributed by atoms with van der Waals surface area (Å²) in [6.07, 6.45) is 4.42. The van der Waals surface area contributed by atoms with Gasteiger partial charge in [-0.05, 0) is 25.8 Å². The molecule has 1 saturated heterocycles. The van der Waals surface area contributed by atoms with Crippen molar-refractivity contribution in [2.45, 2.75) is 31.9 Å². The zero-order chi connectivity index (χ0) is 12.3. The number of nitrogens with two attached hydrogens (primary N) is 1. The second kappa shape index (κ2) is 5.47. The maximum atomic E-state index is 5.99. The second-order valence-corrected chi connectivity index (χ2v) is 4.65. The molecule has 1 fully saturated rings. The molecule has 17 heavy (non-hydrogen) atoms. The molecular formula is C13H21N3O. The van der Waals surface area contributed by atoms with Gasteiger partial charge in [0.2, 0.25) is 0 Å². The number of anilines is 1. The quantitative estimate of drug-likeness (QED) is 0.866. The van der Waals surface area contributed by atoms with Gasteiger partial charge in [-0.15, -0.1) is 0 Å². The highest BCUT2D eigenvalue weighted by Crippen LogP contribution is 2.25. The molecule has 1 aliphatic rings. The van der Waals surface area contributed by atoms with Crippen molar-refractivity contribution in [3.8, 4) is 0 Å². The number of rotatable bonds is 3. The lowest BCUT2D eigenvalue weighted by Gasteiger charge is -2.34. The van der Waals surface area contributed by atoms with Crippen molar-refractivity contribution in [3.05, 3.63) is 23.9 Å². The molecule has 0 saturated carbocycles. The molecule has 1 aliphatic heterocycles. The molecule has 0 aliphatic carbocycles. The standard InChI is InChI=1S/C13H21N3O/c1-10(14)12-6-3-7-15-13(12)16-8-4-5-11(9-16)17-2/h3,6-7,10-11H,4-5,8-9,14H2,1-2H3. The summed E-state index contributed by atoms with van der Waals surface area (Å²) in [6.45, 7) is 3.95. The van der Waals surface area contributed by atoms with Crippen LogP contribution in [0, 0.1) is 0 Å². The van der Waals surface area contributed by atoms with Gasteiger partial charge >= 0.3 is 0 Å². The van der Waals surface area contributed by atoms with Crippen molar-refractivity contribution in [2.24, 2.45) is 5.73 Å². The van der Waals surface area contributed by atoms with E-state index in [-0.39, 0.29) is 6.04 Å². The topological polar surface area (TPSA) is 51.4 Å². The normalized spacial score (nSPS) is 22.5. The van der Waals surface area contributed by atoms with Gasteiger partial charge in [0.15, 0.2) is 0 Å². The van der Waals surface area contributed by atoms with E-state index in [1.54, 1.807) is 7.11 Å². The third-order valence-corrected chi connectivity index (χ3v) is 3.32. The highest BCUT2D eigenvalue weighted by atomic mass is 16.5. The first-order valence-corrected chi connectivity index (χ1v) is 6.20. The van der Waals surface area contributed by atoms with Crippen LogP contribution in [0.4, 0.5) is 5.82 Å². The predicted octanol–water partition coefficient (Wildman–Crippen LogP) is 1.72. The molecule has 2 heterocycles. The monoisotopic (exact) mass is 235 g/mol. The molecular weight excluding hydrogens is 214 g/mol. The summed E-state index contributed by atoms with van der Waals surface area (Å²) in [7, 11) is 1.78. The maximum absolute atomic E-state index is 5.99. The van der Waals surface area contributed by atoms with Gasteiger partial charge in [-0.3, -0.25) is 0 Å². The maximum Gasteiger partial charge on any atom is 0.133 e. The van der Waals surface area contributed by atoms with E-state index >= 15 is 0 Å². The number of hydrogen-bond acceptors (Lipinski definition) is 4. The third kappa shape index (κ3) is 2.76. The lowest BCUT2D eigenvalue weighted by Crippen LogP contribution is -2.40. The molecule has 2 atom stereocenters. The van der Waals surface area contributed by atoms with Crippen LogP contribution in [0.5, 0.6) is 0 Å². The van der Waals surface area contributed by atoms with E-state index < -0.39 is 0 Å². The summed E-state index contributed by atoms with van der Waals surface area (Å²) in [5.74, 6) is 1.02. The minimum absolute atomic E-state index is 0.0154. The smallest absolute Gasteiger partial charge is 0.133 e. The van der Waals surface area contributed by atoms with Crippen LogP contribution in [0.25, 0.3) is 0 Å². The Morgan fingerprint density at radius 2 is 2.41 bits per heavy atom. The van der Waals surface area contributed by atoms with Crippen molar-refractivity contribution >= 4 is 5.82 Å². The molecule has 0 aromatic carbocycles. The molecule has 0 bridgehead atoms. The second-order valence-electron chi connectivity index (χ2n) is 4.65. The van der Waals surface area contributed by atoms with Crippen molar-refractivity contribution in [2.75, 3.05) is 25.1 Å². The molecule has 1 aromatic heterocycles. The predicted molar refractivity (Wildman–Crippen MR) is 69.1 cm³/mol.